The van der Waals surface area contributed by atoms with E-state index in [1.807, 2.05) is 66.7 Å². The van der Waals surface area contributed by atoms with E-state index in [2.05, 4.69) is 22.8 Å². The van der Waals surface area contributed by atoms with Gasteiger partial charge in [-0.3, -0.25) is 9.59 Å². The molecule has 2 atom stereocenters. The van der Waals surface area contributed by atoms with Gasteiger partial charge in [-0.05, 0) is 47.6 Å². The van der Waals surface area contributed by atoms with Crippen LogP contribution in [0.15, 0.2) is 78.9 Å². The SMILES string of the molecule is CCC(CC)(CNC(=O)[C@H](NC(=O)OCC1c2ccccc2-c2ccccc21)[C@H](C)OCc1ccccc1)C(=O)O. The second-order valence-corrected chi connectivity index (χ2v) is 10.5. The summed E-state index contributed by atoms with van der Waals surface area (Å²) >= 11 is 0. The number of hydrogen-bond acceptors (Lipinski definition) is 5. The highest BCUT2D eigenvalue weighted by molar-refractivity contribution is 5.87. The third-order valence-corrected chi connectivity index (χ3v) is 8.13. The van der Waals surface area contributed by atoms with Crippen LogP contribution in [0.1, 0.15) is 56.2 Å². The molecule has 1 aliphatic rings. The Labute approximate surface area is 241 Å². The van der Waals surface area contributed by atoms with Gasteiger partial charge in [0.15, 0.2) is 0 Å². The molecule has 0 saturated carbocycles. The summed E-state index contributed by atoms with van der Waals surface area (Å²) in [5, 5.41) is 15.2. The molecule has 0 saturated heterocycles. The maximum absolute atomic E-state index is 13.4. The molecule has 3 N–H and O–H groups in total. The van der Waals surface area contributed by atoms with E-state index in [-0.39, 0.29) is 25.7 Å². The quantitative estimate of drug-likeness (QED) is 0.255. The van der Waals surface area contributed by atoms with Crippen molar-refractivity contribution in [2.45, 2.75) is 58.3 Å². The zero-order valence-electron chi connectivity index (χ0n) is 23.8. The van der Waals surface area contributed by atoms with Crippen molar-refractivity contribution < 1.29 is 29.0 Å². The zero-order valence-corrected chi connectivity index (χ0v) is 23.8. The number of rotatable bonds is 13. The molecule has 8 nitrogen and oxygen atoms in total. The van der Waals surface area contributed by atoms with Crippen LogP contribution < -0.4 is 10.6 Å². The standard InChI is InChI=1S/C33H38N2O6/c1-4-33(5-2,31(37)38)21-34-30(36)29(22(3)40-19-23-13-7-6-8-14-23)35-32(39)41-20-28-26-17-11-9-15-24(26)25-16-10-12-18-27(25)28/h6-18,22,28-29H,4-5,19-21H2,1-3H3,(H,34,36)(H,35,39)(H,37,38)/t22-,29+/m0/s1. The Balaban J connectivity index is 1.45. The van der Waals surface area contributed by atoms with Crippen LogP contribution in [0.2, 0.25) is 0 Å². The van der Waals surface area contributed by atoms with Crippen molar-refractivity contribution in [2.24, 2.45) is 5.41 Å². The predicted octanol–water partition coefficient (Wildman–Crippen LogP) is 5.51. The first-order valence-corrected chi connectivity index (χ1v) is 14.1. The summed E-state index contributed by atoms with van der Waals surface area (Å²) in [5.41, 5.74) is 4.22. The Morgan fingerprint density at radius 2 is 1.44 bits per heavy atom. The molecule has 0 bridgehead atoms. The van der Waals surface area contributed by atoms with Crippen LogP contribution in [0.5, 0.6) is 0 Å². The average molecular weight is 559 g/mol. The van der Waals surface area contributed by atoms with Gasteiger partial charge in [0.2, 0.25) is 5.91 Å². The number of carboxylic acid groups (broad SMARTS) is 1. The van der Waals surface area contributed by atoms with E-state index >= 15 is 0 Å². The van der Waals surface area contributed by atoms with Crippen molar-refractivity contribution in [3.63, 3.8) is 0 Å². The summed E-state index contributed by atoms with van der Waals surface area (Å²) in [6.45, 7) is 5.52. The molecule has 216 valence electrons. The molecular formula is C33H38N2O6. The van der Waals surface area contributed by atoms with Gasteiger partial charge in [-0.25, -0.2) is 4.79 Å². The van der Waals surface area contributed by atoms with E-state index in [4.69, 9.17) is 9.47 Å². The van der Waals surface area contributed by atoms with E-state index < -0.39 is 35.5 Å². The van der Waals surface area contributed by atoms with Gasteiger partial charge >= 0.3 is 12.1 Å². The van der Waals surface area contributed by atoms with Crippen molar-refractivity contribution in [1.82, 2.24) is 10.6 Å². The molecule has 1 aliphatic carbocycles. The Bertz CT molecular complexity index is 1310. The third kappa shape index (κ3) is 6.77. The number of carbonyl (C=O) groups excluding carboxylic acids is 2. The first-order chi connectivity index (χ1) is 19.8. The molecule has 0 aliphatic heterocycles. The number of nitrogens with one attached hydrogen (secondary N) is 2. The topological polar surface area (TPSA) is 114 Å². The monoisotopic (exact) mass is 558 g/mol. The number of ether oxygens (including phenoxy) is 2. The first kappa shape index (κ1) is 29.8. The molecular weight excluding hydrogens is 520 g/mol. The fourth-order valence-corrected chi connectivity index (χ4v) is 5.31. The molecule has 0 fully saturated rings. The number of benzene rings is 3. The minimum atomic E-state index is -1.10. The van der Waals surface area contributed by atoms with Crippen LogP contribution in [0.3, 0.4) is 0 Å². The Morgan fingerprint density at radius 1 is 0.878 bits per heavy atom. The number of carbonyl (C=O) groups is 3. The van der Waals surface area contributed by atoms with Crippen molar-refractivity contribution >= 4 is 18.0 Å². The summed E-state index contributed by atoms with van der Waals surface area (Å²) < 4.78 is 11.6. The highest BCUT2D eigenvalue weighted by Crippen LogP contribution is 2.44. The number of amides is 2. The fraction of sp³-hybridized carbons (Fsp3) is 0.364. The van der Waals surface area contributed by atoms with Gasteiger partial charge in [0, 0.05) is 12.5 Å². The predicted molar refractivity (Wildman–Crippen MR) is 156 cm³/mol. The number of fused-ring (bicyclic) bond motifs is 3. The zero-order chi connectivity index (χ0) is 29.4. The number of hydrogen-bond donors (Lipinski definition) is 3. The van der Waals surface area contributed by atoms with Crippen LogP contribution in [0, 0.1) is 5.41 Å². The van der Waals surface area contributed by atoms with E-state index in [1.165, 1.54) is 0 Å². The first-order valence-electron chi connectivity index (χ1n) is 14.1. The second-order valence-electron chi connectivity index (χ2n) is 10.5. The summed E-state index contributed by atoms with van der Waals surface area (Å²) in [6, 6.07) is 24.5. The third-order valence-electron chi connectivity index (χ3n) is 8.13. The summed E-state index contributed by atoms with van der Waals surface area (Å²) in [5.74, 6) is -1.64. The molecule has 0 heterocycles. The highest BCUT2D eigenvalue weighted by atomic mass is 16.5. The van der Waals surface area contributed by atoms with Crippen LogP contribution in [0.4, 0.5) is 4.79 Å². The van der Waals surface area contributed by atoms with Crippen LogP contribution in [-0.4, -0.2) is 48.4 Å². The minimum Gasteiger partial charge on any atom is -0.481 e. The van der Waals surface area contributed by atoms with E-state index in [0.29, 0.717) is 12.8 Å². The van der Waals surface area contributed by atoms with Crippen LogP contribution in [0.25, 0.3) is 11.1 Å². The Hall–Kier alpha value is -4.17. The smallest absolute Gasteiger partial charge is 0.407 e. The lowest BCUT2D eigenvalue weighted by molar-refractivity contribution is -0.149. The van der Waals surface area contributed by atoms with Crippen molar-refractivity contribution in [3.8, 4) is 11.1 Å². The highest BCUT2D eigenvalue weighted by Gasteiger charge is 2.37. The lowest BCUT2D eigenvalue weighted by Gasteiger charge is -2.29. The van der Waals surface area contributed by atoms with Crippen LogP contribution in [-0.2, 0) is 25.7 Å². The molecule has 3 aromatic rings. The molecule has 0 aromatic heterocycles. The molecule has 3 aromatic carbocycles. The van der Waals surface area contributed by atoms with Gasteiger partial charge in [0.25, 0.3) is 0 Å². The average Bonchev–Trinajstić information content (AvgIpc) is 3.32. The molecule has 4 rings (SSSR count). The summed E-state index contributed by atoms with van der Waals surface area (Å²) in [4.78, 5) is 38.4. The van der Waals surface area contributed by atoms with E-state index in [0.717, 1.165) is 27.8 Å². The maximum atomic E-state index is 13.4. The van der Waals surface area contributed by atoms with Crippen molar-refractivity contribution in [2.75, 3.05) is 13.2 Å². The van der Waals surface area contributed by atoms with Gasteiger partial charge in [-0.15, -0.1) is 0 Å². The summed E-state index contributed by atoms with van der Waals surface area (Å²) in [6.07, 6.45) is -0.774. The van der Waals surface area contributed by atoms with E-state index in [9.17, 15) is 19.5 Å². The molecule has 0 radical (unpaired) electrons. The lowest BCUT2D eigenvalue weighted by atomic mass is 9.82. The van der Waals surface area contributed by atoms with Gasteiger partial charge in [0.1, 0.15) is 12.6 Å². The lowest BCUT2D eigenvalue weighted by Crippen LogP contribution is -2.55. The van der Waals surface area contributed by atoms with Crippen molar-refractivity contribution in [1.29, 1.82) is 0 Å². The van der Waals surface area contributed by atoms with E-state index in [1.54, 1.807) is 20.8 Å². The normalized spacial score (nSPS) is 13.9. The summed E-state index contributed by atoms with van der Waals surface area (Å²) in [7, 11) is 0. The van der Waals surface area contributed by atoms with Gasteiger partial charge in [-0.1, -0.05) is 92.7 Å². The van der Waals surface area contributed by atoms with Crippen molar-refractivity contribution in [3.05, 3.63) is 95.6 Å². The van der Waals surface area contributed by atoms with Gasteiger partial charge in [-0.2, -0.15) is 0 Å². The Kier molecular flexibility index (Phi) is 9.78. The largest absolute Gasteiger partial charge is 0.481 e. The minimum absolute atomic E-state index is 0.0670. The van der Waals surface area contributed by atoms with Gasteiger partial charge < -0.3 is 25.2 Å². The van der Waals surface area contributed by atoms with Gasteiger partial charge in [0.05, 0.1) is 18.1 Å². The maximum Gasteiger partial charge on any atom is 0.407 e. The van der Waals surface area contributed by atoms with Crippen LogP contribution >= 0.6 is 0 Å². The fourth-order valence-electron chi connectivity index (χ4n) is 5.31. The number of carboxylic acids is 1. The molecule has 41 heavy (non-hydrogen) atoms. The second kappa shape index (κ2) is 13.5. The Morgan fingerprint density at radius 3 is 2.00 bits per heavy atom. The molecule has 0 unspecified atom stereocenters. The number of alkyl carbamates (subject to hydrolysis) is 1. The molecule has 0 spiro atoms. The number of aliphatic carboxylic acids is 1. The molecule has 2 amide bonds. The molecule has 8 heteroatoms.